The molecule has 71 valence electrons. The van der Waals surface area contributed by atoms with Gasteiger partial charge in [-0.3, -0.25) is 5.32 Å². The van der Waals surface area contributed by atoms with E-state index >= 15 is 0 Å². The van der Waals surface area contributed by atoms with Crippen molar-refractivity contribution in [3.8, 4) is 0 Å². The maximum absolute atomic E-state index is 12.5. The number of benzene rings is 1. The van der Waals surface area contributed by atoms with Crippen LogP contribution in [-0.2, 0) is 6.18 Å². The van der Waals surface area contributed by atoms with Crippen molar-refractivity contribution in [1.29, 1.82) is 0 Å². The Morgan fingerprint density at radius 3 is 2.31 bits per heavy atom. The summed E-state index contributed by atoms with van der Waals surface area (Å²) in [5.41, 5.74) is -1.30. The van der Waals surface area contributed by atoms with Gasteiger partial charge in [-0.25, -0.2) is 4.39 Å². The average Bonchev–Trinajstić information content (AvgIpc) is 2.01. The molecule has 0 heterocycles. The van der Waals surface area contributed by atoms with Gasteiger partial charge < -0.3 is 0 Å². The second-order valence-corrected chi connectivity index (χ2v) is 2.38. The van der Waals surface area contributed by atoms with Gasteiger partial charge in [0.2, 0.25) is 0 Å². The molecule has 0 aliphatic heterocycles. The third-order valence-electron chi connectivity index (χ3n) is 1.51. The maximum atomic E-state index is 12.5. The van der Waals surface area contributed by atoms with Crippen LogP contribution in [0, 0.1) is 5.82 Å². The zero-order chi connectivity index (χ0) is 10.1. The predicted molar refractivity (Wildman–Crippen MR) is 39.1 cm³/mol. The van der Waals surface area contributed by atoms with Crippen molar-refractivity contribution in [2.24, 2.45) is 0 Å². The molecular weight excluding hydrogens is 186 g/mol. The van der Waals surface area contributed by atoms with E-state index in [9.17, 15) is 17.6 Å². The molecule has 1 aromatic rings. The van der Waals surface area contributed by atoms with Gasteiger partial charge in [-0.15, -0.1) is 0 Å². The van der Waals surface area contributed by atoms with Crippen molar-refractivity contribution in [1.82, 2.24) is 5.32 Å². The molecule has 0 fully saturated rings. The summed E-state index contributed by atoms with van der Waals surface area (Å²) in [7, 11) is 1.18. The molecule has 5 heteroatoms. The zero-order valence-corrected chi connectivity index (χ0v) is 6.69. The summed E-state index contributed by atoms with van der Waals surface area (Å²) in [5, 5.41) is 3.34. The summed E-state index contributed by atoms with van der Waals surface area (Å²) in [6.07, 6.45) is -4.48. The Bertz CT molecular complexity index is 306. The molecule has 1 nitrogen and oxygen atoms in total. The lowest BCUT2D eigenvalue weighted by Crippen LogP contribution is -2.08. The fourth-order valence-corrected chi connectivity index (χ4v) is 0.930. The molecule has 0 saturated carbocycles. The van der Waals surface area contributed by atoms with E-state index in [0.29, 0.717) is 6.07 Å². The summed E-state index contributed by atoms with van der Waals surface area (Å²) < 4.78 is 49.0. The van der Waals surface area contributed by atoms with Crippen molar-refractivity contribution in [3.63, 3.8) is 0 Å². The van der Waals surface area contributed by atoms with Gasteiger partial charge in [0, 0.05) is 7.05 Å². The summed E-state index contributed by atoms with van der Waals surface area (Å²) in [4.78, 5) is 0. The minimum Gasteiger partial charge on any atom is -0.288 e. The van der Waals surface area contributed by atoms with Crippen molar-refractivity contribution >= 4 is 5.69 Å². The van der Waals surface area contributed by atoms with E-state index < -0.39 is 17.6 Å². The van der Waals surface area contributed by atoms with Crippen molar-refractivity contribution in [3.05, 3.63) is 29.6 Å². The Labute approximate surface area is 72.4 Å². The Kier molecular flexibility index (Phi) is 2.45. The lowest BCUT2D eigenvalue weighted by Gasteiger charge is -2.10. The van der Waals surface area contributed by atoms with Crippen LogP contribution < -0.4 is 5.32 Å². The highest BCUT2D eigenvalue weighted by molar-refractivity contribution is 5.46. The van der Waals surface area contributed by atoms with E-state index in [-0.39, 0.29) is 5.69 Å². The fraction of sp³-hybridized carbons (Fsp3) is 0.250. The van der Waals surface area contributed by atoms with Crippen molar-refractivity contribution < 1.29 is 17.6 Å². The molecule has 0 aliphatic rings. The second-order valence-electron chi connectivity index (χ2n) is 2.38. The first-order chi connectivity index (χ1) is 5.95. The molecule has 0 N–H and O–H groups in total. The largest absolute Gasteiger partial charge is 0.418 e. The molecule has 0 bridgehead atoms. The van der Waals surface area contributed by atoms with Crippen molar-refractivity contribution in [2.75, 3.05) is 7.05 Å². The Morgan fingerprint density at radius 1 is 1.23 bits per heavy atom. The van der Waals surface area contributed by atoms with Gasteiger partial charge in [0.15, 0.2) is 0 Å². The molecule has 0 atom stereocenters. The lowest BCUT2D eigenvalue weighted by atomic mass is 10.1. The topological polar surface area (TPSA) is 14.1 Å². The average molecular weight is 192 g/mol. The molecule has 0 aliphatic carbocycles. The van der Waals surface area contributed by atoms with E-state index in [1.54, 1.807) is 0 Å². The molecular formula is C8H6F4N. The standard InChI is InChI=1S/C8H6F4N/c1-13-7-4-5(9)2-3-6(7)8(10,11)12/h2-4H,1H3. The van der Waals surface area contributed by atoms with Gasteiger partial charge >= 0.3 is 6.18 Å². The van der Waals surface area contributed by atoms with Gasteiger partial charge in [0.25, 0.3) is 0 Å². The molecule has 1 aromatic carbocycles. The normalized spacial score (nSPS) is 11.5. The van der Waals surface area contributed by atoms with Crippen LogP contribution in [0.25, 0.3) is 0 Å². The third-order valence-corrected chi connectivity index (χ3v) is 1.51. The van der Waals surface area contributed by atoms with Crippen LogP contribution in [0.3, 0.4) is 0 Å². The van der Waals surface area contributed by atoms with Gasteiger partial charge in [0.1, 0.15) is 5.82 Å². The summed E-state index contributed by atoms with van der Waals surface area (Å²) in [6.45, 7) is 0. The summed E-state index contributed by atoms with van der Waals surface area (Å²) >= 11 is 0. The van der Waals surface area contributed by atoms with Crippen LogP contribution >= 0.6 is 0 Å². The van der Waals surface area contributed by atoms with E-state index in [2.05, 4.69) is 5.32 Å². The summed E-state index contributed by atoms with van der Waals surface area (Å²) in [5.74, 6) is -0.728. The van der Waals surface area contributed by atoms with Crippen LogP contribution in [0.5, 0.6) is 0 Å². The molecule has 0 saturated heterocycles. The van der Waals surface area contributed by atoms with Gasteiger partial charge in [-0.1, -0.05) is 0 Å². The molecule has 0 unspecified atom stereocenters. The van der Waals surface area contributed by atoms with Gasteiger partial charge in [-0.05, 0) is 18.2 Å². The number of nitrogens with zero attached hydrogens (tertiary/aromatic N) is 1. The van der Waals surface area contributed by atoms with E-state index in [0.717, 1.165) is 12.1 Å². The second kappa shape index (κ2) is 3.24. The van der Waals surface area contributed by atoms with E-state index in [1.165, 1.54) is 7.05 Å². The van der Waals surface area contributed by atoms with E-state index in [4.69, 9.17) is 0 Å². The van der Waals surface area contributed by atoms with Crippen molar-refractivity contribution in [2.45, 2.75) is 6.18 Å². The van der Waals surface area contributed by atoms with Gasteiger partial charge in [0.05, 0.1) is 11.3 Å². The highest BCUT2D eigenvalue weighted by Gasteiger charge is 2.33. The van der Waals surface area contributed by atoms with Gasteiger partial charge in [-0.2, -0.15) is 13.2 Å². The highest BCUT2D eigenvalue weighted by atomic mass is 19.4. The smallest absolute Gasteiger partial charge is 0.288 e. The molecule has 13 heavy (non-hydrogen) atoms. The number of rotatable bonds is 1. The Morgan fingerprint density at radius 2 is 1.85 bits per heavy atom. The van der Waals surface area contributed by atoms with Crippen LogP contribution in [-0.4, -0.2) is 7.05 Å². The molecule has 0 spiro atoms. The zero-order valence-electron chi connectivity index (χ0n) is 6.69. The molecule has 0 amide bonds. The quantitative estimate of drug-likeness (QED) is 0.607. The lowest BCUT2D eigenvalue weighted by molar-refractivity contribution is -0.137. The molecule has 1 radical (unpaired) electrons. The Hall–Kier alpha value is -1.26. The van der Waals surface area contributed by atoms with Crippen LogP contribution in [0.4, 0.5) is 23.2 Å². The third kappa shape index (κ3) is 2.11. The van der Waals surface area contributed by atoms with Crippen LogP contribution in [0.2, 0.25) is 0 Å². The number of halogens is 4. The van der Waals surface area contributed by atoms with Crippen LogP contribution in [0.15, 0.2) is 18.2 Å². The minimum atomic E-state index is -4.48. The maximum Gasteiger partial charge on any atom is 0.418 e. The molecule has 1 rings (SSSR count). The molecule has 0 aromatic heterocycles. The monoisotopic (exact) mass is 192 g/mol. The van der Waals surface area contributed by atoms with E-state index in [1.807, 2.05) is 0 Å². The predicted octanol–water partition coefficient (Wildman–Crippen LogP) is 2.71. The first kappa shape index (κ1) is 9.83. The number of hydrogen-bond acceptors (Lipinski definition) is 0. The highest BCUT2D eigenvalue weighted by Crippen LogP contribution is 2.34. The first-order valence-electron chi connectivity index (χ1n) is 3.41. The SMILES string of the molecule is C[N]c1cc(F)ccc1C(F)(F)F. The minimum absolute atomic E-state index is 0.382. The first-order valence-corrected chi connectivity index (χ1v) is 3.41. The fourth-order valence-electron chi connectivity index (χ4n) is 0.930. The van der Waals surface area contributed by atoms with Crippen LogP contribution in [0.1, 0.15) is 5.56 Å². The number of alkyl halides is 3. The summed E-state index contributed by atoms with van der Waals surface area (Å²) in [6, 6.07) is 2.19. The number of hydrogen-bond donors (Lipinski definition) is 0. The Balaban J connectivity index is 3.22.